The molecule has 2 rings (SSSR count). The van der Waals surface area contributed by atoms with Crippen LogP contribution in [-0.4, -0.2) is 40.6 Å². The molecule has 3 atom stereocenters. The molecule has 21 heavy (non-hydrogen) atoms. The van der Waals surface area contributed by atoms with Crippen molar-refractivity contribution in [3.05, 3.63) is 21.9 Å². The summed E-state index contributed by atoms with van der Waals surface area (Å²) >= 11 is 1.74. The van der Waals surface area contributed by atoms with Gasteiger partial charge in [-0.15, -0.1) is 11.3 Å². The third kappa shape index (κ3) is 3.75. The van der Waals surface area contributed by atoms with Gasteiger partial charge in [-0.1, -0.05) is 0 Å². The monoisotopic (exact) mass is 310 g/mol. The van der Waals surface area contributed by atoms with E-state index in [1.165, 1.54) is 9.75 Å². The maximum absolute atomic E-state index is 12.3. The number of rotatable bonds is 4. The number of carboxylic acid groups (broad SMARTS) is 1. The van der Waals surface area contributed by atoms with Gasteiger partial charge >= 0.3 is 12.0 Å². The van der Waals surface area contributed by atoms with Crippen molar-refractivity contribution in [1.82, 2.24) is 10.2 Å². The van der Waals surface area contributed by atoms with Gasteiger partial charge in [0.2, 0.25) is 0 Å². The number of urea groups is 1. The molecule has 0 saturated carbocycles. The second-order valence-corrected chi connectivity index (χ2v) is 7.11. The fourth-order valence-corrected chi connectivity index (χ4v) is 3.82. The fraction of sp³-hybridized carbons (Fsp3) is 0.600. The summed E-state index contributed by atoms with van der Waals surface area (Å²) in [6, 6.07) is 3.79. The third-order valence-corrected chi connectivity index (χ3v) is 5.03. The Kier molecular flexibility index (Phi) is 4.88. The predicted molar refractivity (Wildman–Crippen MR) is 82.7 cm³/mol. The molecule has 1 aromatic rings. The summed E-state index contributed by atoms with van der Waals surface area (Å²) in [5.74, 6) is -1.27. The van der Waals surface area contributed by atoms with E-state index in [1.54, 1.807) is 23.2 Å². The first kappa shape index (κ1) is 15.8. The van der Waals surface area contributed by atoms with Gasteiger partial charge in [0.05, 0.1) is 5.92 Å². The van der Waals surface area contributed by atoms with Crippen molar-refractivity contribution >= 4 is 23.3 Å². The first-order chi connectivity index (χ1) is 9.88. The van der Waals surface area contributed by atoms with Crippen molar-refractivity contribution in [2.75, 3.05) is 6.54 Å². The Morgan fingerprint density at radius 1 is 1.52 bits per heavy atom. The van der Waals surface area contributed by atoms with Crippen LogP contribution in [0, 0.1) is 12.8 Å². The van der Waals surface area contributed by atoms with Crippen LogP contribution >= 0.6 is 11.3 Å². The molecule has 0 spiro atoms. The van der Waals surface area contributed by atoms with E-state index in [1.807, 2.05) is 6.92 Å². The number of carboxylic acids is 1. The van der Waals surface area contributed by atoms with E-state index in [2.05, 4.69) is 24.4 Å². The van der Waals surface area contributed by atoms with E-state index < -0.39 is 11.9 Å². The van der Waals surface area contributed by atoms with Crippen molar-refractivity contribution in [3.8, 4) is 0 Å². The molecule has 6 heteroatoms. The Morgan fingerprint density at radius 2 is 2.24 bits per heavy atom. The molecule has 0 aromatic carbocycles. The van der Waals surface area contributed by atoms with Crippen molar-refractivity contribution in [1.29, 1.82) is 0 Å². The van der Waals surface area contributed by atoms with Crippen molar-refractivity contribution < 1.29 is 14.7 Å². The highest BCUT2D eigenvalue weighted by atomic mass is 32.1. The fourth-order valence-electron chi connectivity index (χ4n) is 2.80. The summed E-state index contributed by atoms with van der Waals surface area (Å²) in [6.45, 7) is 6.35. The highest BCUT2D eigenvalue weighted by molar-refractivity contribution is 7.11. The molecule has 1 fully saturated rings. The van der Waals surface area contributed by atoms with Crippen molar-refractivity contribution in [2.24, 2.45) is 5.92 Å². The highest BCUT2D eigenvalue weighted by Gasteiger charge is 2.38. The standard InChI is InChI=1S/C15H22N2O3S/c1-9(8-12-5-4-10(2)21-12)16-15(20)17-7-6-13(11(17)3)14(18)19/h4-5,9,11,13H,6-8H2,1-3H3,(H,16,20)(H,18,19). The number of likely N-dealkylation sites (tertiary alicyclic amines) is 1. The number of carbonyl (C=O) groups is 2. The largest absolute Gasteiger partial charge is 0.481 e. The van der Waals surface area contributed by atoms with Crippen LogP contribution in [0.2, 0.25) is 0 Å². The van der Waals surface area contributed by atoms with Crippen molar-refractivity contribution in [3.63, 3.8) is 0 Å². The Balaban J connectivity index is 1.88. The van der Waals surface area contributed by atoms with Crippen LogP contribution in [0.4, 0.5) is 4.79 Å². The zero-order valence-corrected chi connectivity index (χ0v) is 13.4. The van der Waals surface area contributed by atoms with Crippen LogP contribution in [-0.2, 0) is 11.2 Å². The number of nitrogens with one attached hydrogen (secondary N) is 1. The van der Waals surface area contributed by atoms with Gasteiger partial charge in [0.25, 0.3) is 0 Å². The molecular formula is C15H22N2O3S. The van der Waals surface area contributed by atoms with Gasteiger partial charge in [0.15, 0.2) is 0 Å². The SMILES string of the molecule is Cc1ccc(CC(C)NC(=O)N2CCC(C(=O)O)C2C)s1. The number of hydrogen-bond donors (Lipinski definition) is 2. The molecule has 116 valence electrons. The molecule has 0 radical (unpaired) electrons. The topological polar surface area (TPSA) is 69.6 Å². The quantitative estimate of drug-likeness (QED) is 0.897. The minimum atomic E-state index is -0.820. The van der Waals surface area contributed by atoms with E-state index in [4.69, 9.17) is 5.11 Å². The normalized spacial score (nSPS) is 23.1. The van der Waals surface area contributed by atoms with Crippen LogP contribution in [0.25, 0.3) is 0 Å². The molecule has 1 aromatic heterocycles. The lowest BCUT2D eigenvalue weighted by atomic mass is 10.0. The van der Waals surface area contributed by atoms with E-state index in [0.29, 0.717) is 13.0 Å². The van der Waals surface area contributed by atoms with Gasteiger partial charge < -0.3 is 15.3 Å². The van der Waals surface area contributed by atoms with E-state index in [9.17, 15) is 9.59 Å². The maximum Gasteiger partial charge on any atom is 0.317 e. The number of amides is 2. The van der Waals surface area contributed by atoms with E-state index in [0.717, 1.165) is 6.42 Å². The van der Waals surface area contributed by atoms with Crippen LogP contribution in [0.15, 0.2) is 12.1 Å². The van der Waals surface area contributed by atoms with Crippen LogP contribution in [0.5, 0.6) is 0 Å². The first-order valence-corrected chi connectivity index (χ1v) is 8.05. The summed E-state index contributed by atoms with van der Waals surface area (Å²) in [6.07, 6.45) is 1.33. The zero-order valence-electron chi connectivity index (χ0n) is 12.6. The molecule has 2 heterocycles. The lowest BCUT2D eigenvalue weighted by Gasteiger charge is -2.25. The number of nitrogens with zero attached hydrogens (tertiary/aromatic N) is 1. The Bertz CT molecular complexity index is 529. The molecule has 3 unspecified atom stereocenters. The van der Waals surface area contributed by atoms with Gasteiger partial charge in [-0.3, -0.25) is 4.79 Å². The number of carbonyl (C=O) groups excluding carboxylic acids is 1. The molecule has 2 N–H and O–H groups in total. The average molecular weight is 310 g/mol. The summed E-state index contributed by atoms with van der Waals surface area (Å²) in [4.78, 5) is 27.5. The maximum atomic E-state index is 12.3. The zero-order chi connectivity index (χ0) is 15.6. The smallest absolute Gasteiger partial charge is 0.317 e. The van der Waals surface area contributed by atoms with Crippen LogP contribution in [0.3, 0.4) is 0 Å². The number of aliphatic carboxylic acids is 1. The van der Waals surface area contributed by atoms with Crippen LogP contribution < -0.4 is 5.32 Å². The molecule has 1 aliphatic heterocycles. The first-order valence-electron chi connectivity index (χ1n) is 7.23. The van der Waals surface area contributed by atoms with Crippen LogP contribution in [0.1, 0.15) is 30.0 Å². The highest BCUT2D eigenvalue weighted by Crippen LogP contribution is 2.24. The molecule has 0 bridgehead atoms. The van der Waals surface area contributed by atoms with Gasteiger partial charge in [0.1, 0.15) is 0 Å². The van der Waals surface area contributed by atoms with E-state index >= 15 is 0 Å². The number of aryl methyl sites for hydroxylation is 1. The van der Waals surface area contributed by atoms with Crippen molar-refractivity contribution in [2.45, 2.75) is 45.7 Å². The molecule has 0 aliphatic carbocycles. The number of hydrogen-bond acceptors (Lipinski definition) is 3. The molecule has 1 aliphatic rings. The second kappa shape index (κ2) is 6.47. The molecule has 5 nitrogen and oxygen atoms in total. The minimum Gasteiger partial charge on any atom is -0.481 e. The average Bonchev–Trinajstić information content (AvgIpc) is 2.95. The summed E-state index contributed by atoms with van der Waals surface area (Å²) in [7, 11) is 0. The second-order valence-electron chi connectivity index (χ2n) is 5.73. The summed E-state index contributed by atoms with van der Waals surface area (Å²) in [5.41, 5.74) is 0. The van der Waals surface area contributed by atoms with Gasteiger partial charge in [0, 0.05) is 34.8 Å². The Labute approximate surface area is 129 Å². The summed E-state index contributed by atoms with van der Waals surface area (Å²) in [5, 5.41) is 12.1. The minimum absolute atomic E-state index is 0.0339. The third-order valence-electron chi connectivity index (χ3n) is 4.01. The summed E-state index contributed by atoms with van der Waals surface area (Å²) < 4.78 is 0. The predicted octanol–water partition coefficient (Wildman–Crippen LogP) is 2.49. The van der Waals surface area contributed by atoms with Gasteiger partial charge in [-0.2, -0.15) is 0 Å². The molecular weight excluding hydrogens is 288 g/mol. The molecule has 2 amide bonds. The lowest BCUT2D eigenvalue weighted by molar-refractivity contribution is -0.142. The Hall–Kier alpha value is -1.56. The number of thiophene rings is 1. The lowest BCUT2D eigenvalue weighted by Crippen LogP contribution is -2.47. The molecule has 1 saturated heterocycles. The van der Waals surface area contributed by atoms with E-state index in [-0.39, 0.29) is 18.1 Å². The van der Waals surface area contributed by atoms with Gasteiger partial charge in [-0.05, 0) is 39.3 Å². The van der Waals surface area contributed by atoms with Gasteiger partial charge in [-0.25, -0.2) is 4.79 Å². The Morgan fingerprint density at radius 3 is 2.76 bits per heavy atom.